The van der Waals surface area contributed by atoms with Crippen molar-refractivity contribution in [2.45, 2.75) is 13.8 Å². The molecule has 0 unspecified atom stereocenters. The highest BCUT2D eigenvalue weighted by Crippen LogP contribution is 2.34. The molecular formula is C26H24N2O3. The van der Waals surface area contributed by atoms with Crippen LogP contribution in [0, 0.1) is 13.8 Å². The molecule has 5 nitrogen and oxygen atoms in total. The summed E-state index contributed by atoms with van der Waals surface area (Å²) in [5.41, 5.74) is 15.4. The van der Waals surface area contributed by atoms with Crippen LogP contribution >= 0.6 is 0 Å². The largest absolute Gasteiger partial charge is 0.457 e. The lowest BCUT2D eigenvalue weighted by molar-refractivity contribution is 0.452. The van der Waals surface area contributed by atoms with Gasteiger partial charge >= 0.3 is 0 Å². The molecule has 0 aromatic heterocycles. The van der Waals surface area contributed by atoms with Crippen LogP contribution in [0.25, 0.3) is 0 Å². The molecule has 0 aliphatic rings. The third-order valence-electron chi connectivity index (χ3n) is 4.87. The number of ether oxygens (including phenoxy) is 3. The SMILES string of the molecule is Cc1cccc(Oc2cccc(Oc3cccc(Oc4cccc(C)c4N)c3)c2)c1N. The molecule has 0 saturated carbocycles. The molecule has 31 heavy (non-hydrogen) atoms. The molecule has 0 spiro atoms. The van der Waals surface area contributed by atoms with E-state index in [4.69, 9.17) is 25.7 Å². The minimum atomic E-state index is 0.614. The van der Waals surface area contributed by atoms with Gasteiger partial charge in [0.25, 0.3) is 0 Å². The van der Waals surface area contributed by atoms with Gasteiger partial charge in [0.05, 0.1) is 11.4 Å². The van der Waals surface area contributed by atoms with Crippen LogP contribution in [0.2, 0.25) is 0 Å². The number of nitrogen functional groups attached to an aromatic ring is 2. The van der Waals surface area contributed by atoms with Crippen molar-refractivity contribution in [1.82, 2.24) is 0 Å². The number of hydrogen-bond acceptors (Lipinski definition) is 5. The molecule has 0 bridgehead atoms. The van der Waals surface area contributed by atoms with Crippen LogP contribution in [0.4, 0.5) is 11.4 Å². The maximum absolute atomic E-state index is 6.11. The van der Waals surface area contributed by atoms with Crippen molar-refractivity contribution in [3.8, 4) is 34.5 Å². The van der Waals surface area contributed by atoms with Crippen molar-refractivity contribution >= 4 is 11.4 Å². The van der Waals surface area contributed by atoms with Crippen LogP contribution < -0.4 is 25.7 Å². The Morgan fingerprint density at radius 3 is 1.26 bits per heavy atom. The average molecular weight is 412 g/mol. The summed E-state index contributed by atoms with van der Waals surface area (Å²) in [5.74, 6) is 3.77. The molecule has 156 valence electrons. The molecule has 0 radical (unpaired) electrons. The Balaban J connectivity index is 1.51. The van der Waals surface area contributed by atoms with Gasteiger partial charge in [-0.25, -0.2) is 0 Å². The predicted octanol–water partition coefficient (Wildman–Crippen LogP) is 6.84. The highest BCUT2D eigenvalue weighted by molar-refractivity contribution is 5.60. The summed E-state index contributed by atoms with van der Waals surface area (Å²) < 4.78 is 17.9. The molecule has 0 heterocycles. The number of nitrogens with two attached hydrogens (primary N) is 2. The topological polar surface area (TPSA) is 79.7 Å². The van der Waals surface area contributed by atoms with Gasteiger partial charge in [-0.3, -0.25) is 0 Å². The molecule has 4 aromatic rings. The van der Waals surface area contributed by atoms with Crippen molar-refractivity contribution in [2.75, 3.05) is 11.5 Å². The molecule has 4 N–H and O–H groups in total. The predicted molar refractivity (Wildman–Crippen MR) is 124 cm³/mol. The van der Waals surface area contributed by atoms with E-state index in [2.05, 4.69) is 0 Å². The van der Waals surface area contributed by atoms with Gasteiger partial charge in [0, 0.05) is 12.1 Å². The highest BCUT2D eigenvalue weighted by Gasteiger charge is 2.08. The van der Waals surface area contributed by atoms with Crippen LogP contribution in [-0.2, 0) is 0 Å². The maximum atomic E-state index is 6.11. The number of aryl methyl sites for hydroxylation is 2. The van der Waals surface area contributed by atoms with Crippen molar-refractivity contribution < 1.29 is 14.2 Å². The van der Waals surface area contributed by atoms with Crippen molar-refractivity contribution in [1.29, 1.82) is 0 Å². The van der Waals surface area contributed by atoms with Crippen LogP contribution in [0.15, 0.2) is 84.9 Å². The van der Waals surface area contributed by atoms with Gasteiger partial charge in [-0.15, -0.1) is 0 Å². The zero-order valence-electron chi connectivity index (χ0n) is 17.5. The second-order valence-corrected chi connectivity index (χ2v) is 7.23. The molecule has 0 amide bonds. The number of para-hydroxylation sites is 2. The minimum absolute atomic E-state index is 0.614. The Kier molecular flexibility index (Phi) is 5.67. The summed E-state index contributed by atoms with van der Waals surface area (Å²) in [6.45, 7) is 3.89. The van der Waals surface area contributed by atoms with Crippen LogP contribution in [0.5, 0.6) is 34.5 Å². The monoisotopic (exact) mass is 412 g/mol. The fourth-order valence-corrected chi connectivity index (χ4v) is 3.08. The molecule has 4 rings (SSSR count). The fraction of sp³-hybridized carbons (Fsp3) is 0.0769. The normalized spacial score (nSPS) is 10.5. The Morgan fingerprint density at radius 1 is 0.484 bits per heavy atom. The molecule has 5 heteroatoms. The molecule has 0 aliphatic heterocycles. The van der Waals surface area contributed by atoms with Gasteiger partial charge in [-0.05, 0) is 61.4 Å². The Labute approximate surface area is 181 Å². The quantitative estimate of drug-likeness (QED) is 0.339. The number of hydrogen-bond donors (Lipinski definition) is 2. The third-order valence-corrected chi connectivity index (χ3v) is 4.87. The summed E-state index contributed by atoms with van der Waals surface area (Å²) in [5, 5.41) is 0. The number of benzene rings is 4. The van der Waals surface area contributed by atoms with Crippen LogP contribution in [0.3, 0.4) is 0 Å². The van der Waals surface area contributed by atoms with Crippen molar-refractivity contribution in [2.24, 2.45) is 0 Å². The van der Waals surface area contributed by atoms with E-state index < -0.39 is 0 Å². The van der Waals surface area contributed by atoms with Gasteiger partial charge in [0.15, 0.2) is 11.5 Å². The number of rotatable bonds is 6. The summed E-state index contributed by atoms with van der Waals surface area (Å²) >= 11 is 0. The van der Waals surface area contributed by atoms with Crippen LogP contribution in [0.1, 0.15) is 11.1 Å². The second-order valence-electron chi connectivity index (χ2n) is 7.23. The zero-order valence-corrected chi connectivity index (χ0v) is 17.5. The van der Waals surface area contributed by atoms with Gasteiger partial charge in [0.1, 0.15) is 23.0 Å². The summed E-state index contributed by atoms with van der Waals surface area (Å²) in [4.78, 5) is 0. The molecular weight excluding hydrogens is 388 g/mol. The van der Waals surface area contributed by atoms with E-state index in [1.54, 1.807) is 0 Å². The second kappa shape index (κ2) is 8.71. The molecule has 0 aliphatic carbocycles. The smallest absolute Gasteiger partial charge is 0.150 e. The van der Waals surface area contributed by atoms with E-state index in [1.807, 2.05) is 98.8 Å². The third kappa shape index (κ3) is 4.73. The fourth-order valence-electron chi connectivity index (χ4n) is 3.08. The summed E-state index contributed by atoms with van der Waals surface area (Å²) in [6, 6.07) is 26.2. The maximum Gasteiger partial charge on any atom is 0.150 e. The van der Waals surface area contributed by atoms with Crippen molar-refractivity contribution in [3.05, 3.63) is 96.1 Å². The van der Waals surface area contributed by atoms with Gasteiger partial charge < -0.3 is 25.7 Å². The average Bonchev–Trinajstić information content (AvgIpc) is 2.75. The van der Waals surface area contributed by atoms with E-state index in [0.717, 1.165) is 11.1 Å². The highest BCUT2D eigenvalue weighted by atomic mass is 16.5. The summed E-state index contributed by atoms with van der Waals surface area (Å²) in [6.07, 6.45) is 0. The first-order valence-electron chi connectivity index (χ1n) is 9.93. The molecule has 0 atom stereocenters. The lowest BCUT2D eigenvalue weighted by atomic mass is 10.2. The van der Waals surface area contributed by atoms with E-state index in [9.17, 15) is 0 Å². The molecule has 0 fully saturated rings. The van der Waals surface area contributed by atoms with E-state index >= 15 is 0 Å². The van der Waals surface area contributed by atoms with E-state index in [-0.39, 0.29) is 0 Å². The van der Waals surface area contributed by atoms with Gasteiger partial charge in [-0.1, -0.05) is 36.4 Å². The lowest BCUT2D eigenvalue weighted by Crippen LogP contribution is -1.95. The van der Waals surface area contributed by atoms with E-state index in [1.165, 1.54) is 0 Å². The Hall–Kier alpha value is -4.12. The van der Waals surface area contributed by atoms with Gasteiger partial charge in [-0.2, -0.15) is 0 Å². The summed E-state index contributed by atoms with van der Waals surface area (Å²) in [7, 11) is 0. The Bertz CT molecular complexity index is 1130. The zero-order chi connectivity index (χ0) is 21.8. The van der Waals surface area contributed by atoms with Gasteiger partial charge in [0.2, 0.25) is 0 Å². The first-order chi connectivity index (χ1) is 15.0. The lowest BCUT2D eigenvalue weighted by Gasteiger charge is -2.13. The number of anilines is 2. The van der Waals surface area contributed by atoms with Crippen LogP contribution in [-0.4, -0.2) is 0 Å². The minimum Gasteiger partial charge on any atom is -0.457 e. The first-order valence-corrected chi connectivity index (χ1v) is 9.93. The molecule has 0 saturated heterocycles. The van der Waals surface area contributed by atoms with Crippen molar-refractivity contribution in [3.63, 3.8) is 0 Å². The Morgan fingerprint density at radius 2 is 0.839 bits per heavy atom. The standard InChI is InChI=1S/C26H24N2O3/c1-17-7-3-13-23(25(17)27)30-21-11-5-9-19(15-21)29-20-10-6-12-22(16-20)31-24-14-4-8-18(2)26(24)28/h3-16H,27-28H2,1-2H3. The molecule has 4 aromatic carbocycles. The first kappa shape index (κ1) is 20.2. The van der Waals surface area contributed by atoms with E-state index in [0.29, 0.717) is 45.9 Å².